The fraction of sp³-hybridized carbons (Fsp3) is 0.500. The van der Waals surface area contributed by atoms with Crippen molar-refractivity contribution in [3.63, 3.8) is 0 Å². The van der Waals surface area contributed by atoms with Gasteiger partial charge in [0.1, 0.15) is 0 Å². The van der Waals surface area contributed by atoms with Crippen LogP contribution in [0.1, 0.15) is 20.8 Å². The number of benzene rings is 1. The summed E-state index contributed by atoms with van der Waals surface area (Å²) >= 11 is 1.82. The summed E-state index contributed by atoms with van der Waals surface area (Å²) in [6.45, 7) is 9.09. The van der Waals surface area contributed by atoms with E-state index in [0.717, 1.165) is 13.1 Å². The molecule has 19 heavy (non-hydrogen) atoms. The van der Waals surface area contributed by atoms with Gasteiger partial charge in [0.2, 0.25) is 0 Å². The fourth-order valence-electron chi connectivity index (χ4n) is 2.95. The smallest absolute Gasteiger partial charge is 0.0438 e. The van der Waals surface area contributed by atoms with Gasteiger partial charge in [-0.25, -0.2) is 0 Å². The second-order valence-electron chi connectivity index (χ2n) is 5.92. The standard InChI is InChI=1S/C16H22N2S/c1-11(2)15-9-17-12(3)10-18(15)14-4-5-16-13(8-14)6-7-19-16/h4-8,11-12,15,17H,9-10H2,1-3H3. The maximum Gasteiger partial charge on any atom is 0.0438 e. The minimum absolute atomic E-state index is 0.563. The molecule has 1 N–H and O–H groups in total. The van der Waals surface area contributed by atoms with Gasteiger partial charge in [0.05, 0.1) is 0 Å². The number of fused-ring (bicyclic) bond motifs is 1. The van der Waals surface area contributed by atoms with E-state index in [-0.39, 0.29) is 0 Å². The maximum atomic E-state index is 3.61. The summed E-state index contributed by atoms with van der Waals surface area (Å²) < 4.78 is 1.38. The summed E-state index contributed by atoms with van der Waals surface area (Å²) in [5.74, 6) is 0.665. The average Bonchev–Trinajstić information content (AvgIpc) is 2.85. The number of thiophene rings is 1. The number of rotatable bonds is 2. The molecule has 0 amide bonds. The number of nitrogens with zero attached hydrogens (tertiary/aromatic N) is 1. The van der Waals surface area contributed by atoms with Crippen LogP contribution in [0.3, 0.4) is 0 Å². The number of piperazine rings is 1. The zero-order chi connectivity index (χ0) is 13.4. The molecule has 0 spiro atoms. The number of hydrogen-bond donors (Lipinski definition) is 1. The molecule has 0 aliphatic carbocycles. The van der Waals surface area contributed by atoms with Crippen LogP contribution in [0.15, 0.2) is 29.6 Å². The van der Waals surface area contributed by atoms with Crippen LogP contribution < -0.4 is 10.2 Å². The molecule has 3 heteroatoms. The van der Waals surface area contributed by atoms with Gasteiger partial charge in [-0.1, -0.05) is 13.8 Å². The van der Waals surface area contributed by atoms with Crippen molar-refractivity contribution in [1.29, 1.82) is 0 Å². The van der Waals surface area contributed by atoms with E-state index in [2.05, 4.69) is 60.6 Å². The molecule has 1 aliphatic heterocycles. The van der Waals surface area contributed by atoms with Crippen molar-refractivity contribution in [3.05, 3.63) is 29.6 Å². The largest absolute Gasteiger partial charge is 0.365 e. The van der Waals surface area contributed by atoms with E-state index in [1.54, 1.807) is 0 Å². The molecule has 1 aliphatic rings. The number of anilines is 1. The second kappa shape index (κ2) is 5.14. The van der Waals surface area contributed by atoms with E-state index in [1.807, 2.05) is 11.3 Å². The van der Waals surface area contributed by atoms with Crippen LogP contribution in [0, 0.1) is 5.92 Å². The van der Waals surface area contributed by atoms with Gasteiger partial charge < -0.3 is 10.2 Å². The van der Waals surface area contributed by atoms with E-state index < -0.39 is 0 Å². The normalized spacial score (nSPS) is 24.3. The highest BCUT2D eigenvalue weighted by Crippen LogP contribution is 2.29. The zero-order valence-electron chi connectivity index (χ0n) is 11.9. The molecule has 1 fully saturated rings. The predicted molar refractivity (Wildman–Crippen MR) is 85.3 cm³/mol. The van der Waals surface area contributed by atoms with Gasteiger partial charge >= 0.3 is 0 Å². The molecule has 0 radical (unpaired) electrons. The van der Waals surface area contributed by atoms with Gasteiger partial charge in [0.25, 0.3) is 0 Å². The Morgan fingerprint density at radius 3 is 2.95 bits per heavy atom. The molecular formula is C16H22N2S. The highest BCUT2D eigenvalue weighted by atomic mass is 32.1. The number of nitrogens with one attached hydrogen (secondary N) is 1. The first-order valence-corrected chi connectivity index (χ1v) is 8.00. The van der Waals surface area contributed by atoms with Crippen LogP contribution in [-0.4, -0.2) is 25.2 Å². The third-order valence-electron chi connectivity index (χ3n) is 4.08. The van der Waals surface area contributed by atoms with Crippen molar-refractivity contribution in [2.75, 3.05) is 18.0 Å². The van der Waals surface area contributed by atoms with Gasteiger partial charge in [-0.05, 0) is 47.9 Å². The molecule has 1 aromatic carbocycles. The molecule has 2 unspecified atom stereocenters. The Kier molecular flexibility index (Phi) is 3.50. The average molecular weight is 274 g/mol. The van der Waals surface area contributed by atoms with Gasteiger partial charge in [-0.3, -0.25) is 0 Å². The first kappa shape index (κ1) is 12.9. The monoisotopic (exact) mass is 274 g/mol. The van der Waals surface area contributed by atoms with Crippen molar-refractivity contribution in [2.45, 2.75) is 32.9 Å². The van der Waals surface area contributed by atoms with Crippen LogP contribution in [0.2, 0.25) is 0 Å². The quantitative estimate of drug-likeness (QED) is 0.898. The second-order valence-corrected chi connectivity index (χ2v) is 6.86. The van der Waals surface area contributed by atoms with Gasteiger partial charge in [0, 0.05) is 35.6 Å². The lowest BCUT2D eigenvalue weighted by Crippen LogP contribution is -2.57. The Morgan fingerprint density at radius 2 is 2.16 bits per heavy atom. The van der Waals surface area contributed by atoms with Crippen LogP contribution in [-0.2, 0) is 0 Å². The van der Waals surface area contributed by atoms with Crippen molar-refractivity contribution in [2.24, 2.45) is 5.92 Å². The third-order valence-corrected chi connectivity index (χ3v) is 4.98. The lowest BCUT2D eigenvalue weighted by atomic mass is 9.98. The van der Waals surface area contributed by atoms with Gasteiger partial charge in [-0.2, -0.15) is 0 Å². The van der Waals surface area contributed by atoms with Crippen LogP contribution in [0.5, 0.6) is 0 Å². The molecule has 2 aromatic rings. The summed E-state index contributed by atoms with van der Waals surface area (Å²) in [6.07, 6.45) is 0. The van der Waals surface area contributed by atoms with Crippen molar-refractivity contribution >= 4 is 27.1 Å². The molecule has 2 atom stereocenters. The number of hydrogen-bond acceptors (Lipinski definition) is 3. The Balaban J connectivity index is 1.96. The summed E-state index contributed by atoms with van der Waals surface area (Å²) in [6, 6.07) is 10.3. The molecule has 2 nitrogen and oxygen atoms in total. The molecule has 0 bridgehead atoms. The highest BCUT2D eigenvalue weighted by Gasteiger charge is 2.28. The third kappa shape index (κ3) is 2.49. The summed E-state index contributed by atoms with van der Waals surface area (Å²) in [5.41, 5.74) is 1.37. The molecule has 102 valence electrons. The van der Waals surface area contributed by atoms with E-state index in [4.69, 9.17) is 0 Å². The minimum atomic E-state index is 0.563. The maximum absolute atomic E-state index is 3.61. The summed E-state index contributed by atoms with van der Waals surface area (Å²) in [4.78, 5) is 2.59. The predicted octanol–water partition coefficient (Wildman–Crippen LogP) is 3.72. The first-order chi connectivity index (χ1) is 9.15. The van der Waals surface area contributed by atoms with Crippen LogP contribution in [0.25, 0.3) is 10.1 Å². The van der Waals surface area contributed by atoms with Gasteiger partial charge in [0.15, 0.2) is 0 Å². The van der Waals surface area contributed by atoms with Crippen molar-refractivity contribution in [3.8, 4) is 0 Å². The zero-order valence-corrected chi connectivity index (χ0v) is 12.7. The Bertz CT molecular complexity index is 561. The first-order valence-electron chi connectivity index (χ1n) is 7.12. The van der Waals surface area contributed by atoms with Crippen molar-refractivity contribution < 1.29 is 0 Å². The SMILES string of the molecule is CC1CN(c2ccc3sccc3c2)C(C(C)C)CN1. The Hall–Kier alpha value is -1.06. The van der Waals surface area contributed by atoms with E-state index in [0.29, 0.717) is 18.0 Å². The van der Waals surface area contributed by atoms with Crippen LogP contribution in [0.4, 0.5) is 5.69 Å². The molecular weight excluding hydrogens is 252 g/mol. The van der Waals surface area contributed by atoms with E-state index >= 15 is 0 Å². The van der Waals surface area contributed by atoms with Crippen molar-refractivity contribution in [1.82, 2.24) is 5.32 Å². The fourth-order valence-corrected chi connectivity index (χ4v) is 3.72. The topological polar surface area (TPSA) is 15.3 Å². The summed E-state index contributed by atoms with van der Waals surface area (Å²) in [5, 5.41) is 7.15. The lowest BCUT2D eigenvalue weighted by molar-refractivity contribution is 0.349. The lowest BCUT2D eigenvalue weighted by Gasteiger charge is -2.43. The van der Waals surface area contributed by atoms with Crippen LogP contribution >= 0.6 is 11.3 Å². The van der Waals surface area contributed by atoms with Gasteiger partial charge in [-0.15, -0.1) is 11.3 Å². The highest BCUT2D eigenvalue weighted by molar-refractivity contribution is 7.17. The Morgan fingerprint density at radius 1 is 1.32 bits per heavy atom. The molecule has 3 rings (SSSR count). The summed E-state index contributed by atoms with van der Waals surface area (Å²) in [7, 11) is 0. The van der Waals surface area contributed by atoms with E-state index in [1.165, 1.54) is 15.8 Å². The Labute approximate surface area is 119 Å². The molecule has 0 saturated carbocycles. The molecule has 1 aromatic heterocycles. The molecule has 2 heterocycles. The molecule has 1 saturated heterocycles. The minimum Gasteiger partial charge on any atom is -0.365 e. The van der Waals surface area contributed by atoms with E-state index in [9.17, 15) is 0 Å².